The standard InChI is InChI=1S/C24H23N5O3/c1-24(21-14-26-15-29(21)2)18-7-6-17(13-25)20(12-18)32-19-5-3-4-16(10-19)11-23(31)27-9-8-22(30)28-24/h3-7,10,12,14-15H,8-9,11H2,1-2H3,(H,27,31)(H,28,30). The number of amides is 2. The molecule has 0 fully saturated rings. The lowest BCUT2D eigenvalue weighted by Gasteiger charge is -2.32. The number of hydrogen-bond donors (Lipinski definition) is 2. The molecule has 4 bridgehead atoms. The topological polar surface area (TPSA) is 109 Å². The summed E-state index contributed by atoms with van der Waals surface area (Å²) in [4.78, 5) is 29.4. The monoisotopic (exact) mass is 429 g/mol. The van der Waals surface area contributed by atoms with Gasteiger partial charge in [-0.15, -0.1) is 0 Å². The molecule has 8 heteroatoms. The third kappa shape index (κ3) is 4.18. The fourth-order valence-corrected chi connectivity index (χ4v) is 3.88. The average Bonchev–Trinajstić information content (AvgIpc) is 3.20. The summed E-state index contributed by atoms with van der Waals surface area (Å²) in [5.74, 6) is 0.475. The molecule has 2 amide bonds. The molecule has 0 aliphatic carbocycles. The fourth-order valence-electron chi connectivity index (χ4n) is 3.88. The SMILES string of the molecule is Cn1cncc1C1(C)NC(=O)CCNC(=O)Cc2cccc(c2)Oc2cc1ccc2C#N. The predicted octanol–water partition coefficient (Wildman–Crippen LogP) is 2.53. The molecule has 32 heavy (non-hydrogen) atoms. The number of nitrogens with zero attached hydrogens (tertiary/aromatic N) is 3. The maximum atomic E-state index is 12.8. The molecule has 0 saturated carbocycles. The van der Waals surface area contributed by atoms with Gasteiger partial charge in [0.05, 0.1) is 30.2 Å². The molecular formula is C24H23N5O3. The highest BCUT2D eigenvalue weighted by atomic mass is 16.5. The van der Waals surface area contributed by atoms with Crippen LogP contribution in [0.3, 0.4) is 0 Å². The van der Waals surface area contributed by atoms with Crippen LogP contribution in [0.25, 0.3) is 0 Å². The number of rotatable bonds is 1. The number of ether oxygens (including phenoxy) is 1. The van der Waals surface area contributed by atoms with Crippen LogP contribution in [-0.2, 0) is 28.6 Å². The van der Waals surface area contributed by atoms with Crippen molar-refractivity contribution < 1.29 is 14.3 Å². The summed E-state index contributed by atoms with van der Waals surface area (Å²) >= 11 is 0. The van der Waals surface area contributed by atoms with Crippen molar-refractivity contribution in [1.29, 1.82) is 5.26 Å². The van der Waals surface area contributed by atoms with Crippen LogP contribution in [0, 0.1) is 11.3 Å². The van der Waals surface area contributed by atoms with E-state index in [1.165, 1.54) is 0 Å². The minimum atomic E-state index is -0.944. The molecule has 0 radical (unpaired) electrons. The molecule has 2 heterocycles. The van der Waals surface area contributed by atoms with Gasteiger partial charge in [-0.25, -0.2) is 4.98 Å². The van der Waals surface area contributed by atoms with Crippen molar-refractivity contribution in [2.24, 2.45) is 7.05 Å². The summed E-state index contributed by atoms with van der Waals surface area (Å²) in [5, 5.41) is 15.5. The maximum absolute atomic E-state index is 12.8. The molecule has 2 N–H and O–H groups in total. The Hall–Kier alpha value is -4.12. The minimum Gasteiger partial charge on any atom is -0.456 e. The van der Waals surface area contributed by atoms with E-state index in [0.717, 1.165) is 16.8 Å². The van der Waals surface area contributed by atoms with Gasteiger partial charge in [0.1, 0.15) is 23.1 Å². The first-order valence-electron chi connectivity index (χ1n) is 10.2. The summed E-state index contributed by atoms with van der Waals surface area (Å²) < 4.78 is 7.90. The zero-order chi connectivity index (χ0) is 22.7. The summed E-state index contributed by atoms with van der Waals surface area (Å²) in [5.41, 5.74) is 1.68. The van der Waals surface area contributed by atoms with Crippen LogP contribution < -0.4 is 15.4 Å². The number of imidazole rings is 1. The Morgan fingerprint density at radius 2 is 2.03 bits per heavy atom. The molecule has 8 nitrogen and oxygen atoms in total. The van der Waals surface area contributed by atoms with Gasteiger partial charge in [-0.05, 0) is 42.3 Å². The lowest BCUT2D eigenvalue weighted by molar-refractivity contribution is -0.123. The Morgan fingerprint density at radius 3 is 2.78 bits per heavy atom. The number of aryl methyl sites for hydroxylation is 1. The van der Waals surface area contributed by atoms with Gasteiger partial charge in [-0.3, -0.25) is 9.59 Å². The van der Waals surface area contributed by atoms with E-state index in [0.29, 0.717) is 17.1 Å². The first kappa shape index (κ1) is 21.1. The smallest absolute Gasteiger partial charge is 0.224 e. The van der Waals surface area contributed by atoms with Gasteiger partial charge in [-0.1, -0.05) is 18.2 Å². The first-order chi connectivity index (χ1) is 15.4. The van der Waals surface area contributed by atoms with Crippen LogP contribution in [0.15, 0.2) is 55.0 Å². The molecule has 3 aromatic rings. The Labute approximate surface area is 185 Å². The van der Waals surface area contributed by atoms with Gasteiger partial charge in [0.15, 0.2) is 0 Å². The molecule has 0 saturated heterocycles. The number of hydrogen-bond acceptors (Lipinski definition) is 5. The molecule has 1 aliphatic rings. The van der Waals surface area contributed by atoms with Gasteiger partial charge in [-0.2, -0.15) is 5.26 Å². The number of carbonyl (C=O) groups excluding carboxylic acids is 2. The van der Waals surface area contributed by atoms with Gasteiger partial charge in [0.2, 0.25) is 11.8 Å². The minimum absolute atomic E-state index is 0.124. The van der Waals surface area contributed by atoms with Gasteiger partial charge in [0, 0.05) is 20.0 Å². The second kappa shape index (κ2) is 8.55. The Bertz CT molecular complexity index is 1230. The second-order valence-electron chi connectivity index (χ2n) is 7.91. The molecule has 2 aromatic carbocycles. The fraction of sp³-hybridized carbons (Fsp3) is 0.250. The third-order valence-electron chi connectivity index (χ3n) is 5.56. The molecular weight excluding hydrogens is 406 g/mol. The van der Waals surface area contributed by atoms with E-state index in [1.54, 1.807) is 48.9 Å². The van der Waals surface area contributed by atoms with E-state index in [4.69, 9.17) is 4.74 Å². The third-order valence-corrected chi connectivity index (χ3v) is 5.56. The van der Waals surface area contributed by atoms with Crippen molar-refractivity contribution in [3.63, 3.8) is 0 Å². The molecule has 0 spiro atoms. The molecule has 162 valence electrons. The number of nitrogens with one attached hydrogen (secondary N) is 2. The number of nitriles is 1. The molecule has 4 rings (SSSR count). The normalized spacial score (nSPS) is 18.9. The van der Waals surface area contributed by atoms with Gasteiger partial charge >= 0.3 is 0 Å². The van der Waals surface area contributed by atoms with Crippen molar-refractivity contribution in [3.05, 3.63) is 77.4 Å². The van der Waals surface area contributed by atoms with Crippen molar-refractivity contribution in [1.82, 2.24) is 20.2 Å². The Balaban J connectivity index is 1.86. The summed E-state index contributed by atoms with van der Waals surface area (Å²) in [6, 6.07) is 14.6. The van der Waals surface area contributed by atoms with Crippen molar-refractivity contribution in [2.75, 3.05) is 6.54 Å². The lowest BCUT2D eigenvalue weighted by atomic mass is 9.87. The summed E-state index contributed by atoms with van der Waals surface area (Å²) in [6.45, 7) is 2.10. The summed E-state index contributed by atoms with van der Waals surface area (Å²) in [7, 11) is 1.85. The largest absolute Gasteiger partial charge is 0.456 e. The number of aromatic nitrogens is 2. The molecule has 1 unspecified atom stereocenters. The van der Waals surface area contributed by atoms with Crippen LogP contribution >= 0.6 is 0 Å². The molecule has 1 aromatic heterocycles. The van der Waals surface area contributed by atoms with E-state index in [2.05, 4.69) is 21.7 Å². The first-order valence-corrected chi connectivity index (χ1v) is 10.2. The molecule has 1 aliphatic heterocycles. The second-order valence-corrected chi connectivity index (χ2v) is 7.91. The molecule has 1 atom stereocenters. The van der Waals surface area contributed by atoms with Gasteiger partial charge < -0.3 is 19.9 Å². The zero-order valence-corrected chi connectivity index (χ0v) is 17.9. The van der Waals surface area contributed by atoms with Crippen LogP contribution in [-0.4, -0.2) is 27.9 Å². The van der Waals surface area contributed by atoms with Crippen LogP contribution in [0.5, 0.6) is 11.5 Å². The highest BCUT2D eigenvalue weighted by molar-refractivity contribution is 5.81. The Morgan fingerprint density at radius 1 is 1.19 bits per heavy atom. The summed E-state index contributed by atoms with van der Waals surface area (Å²) in [6.07, 6.45) is 3.64. The quantitative estimate of drug-likeness (QED) is 0.618. The predicted molar refractivity (Wildman–Crippen MR) is 117 cm³/mol. The number of carbonyl (C=O) groups is 2. The number of benzene rings is 2. The maximum Gasteiger partial charge on any atom is 0.224 e. The highest BCUT2D eigenvalue weighted by Gasteiger charge is 2.34. The lowest BCUT2D eigenvalue weighted by Crippen LogP contribution is -2.46. The van der Waals surface area contributed by atoms with Crippen LogP contribution in [0.2, 0.25) is 0 Å². The van der Waals surface area contributed by atoms with Gasteiger partial charge in [0.25, 0.3) is 0 Å². The van der Waals surface area contributed by atoms with E-state index >= 15 is 0 Å². The van der Waals surface area contributed by atoms with Crippen molar-refractivity contribution in [3.8, 4) is 17.6 Å². The van der Waals surface area contributed by atoms with Crippen LogP contribution in [0.1, 0.15) is 35.7 Å². The van der Waals surface area contributed by atoms with Crippen molar-refractivity contribution >= 4 is 11.8 Å². The van der Waals surface area contributed by atoms with E-state index in [-0.39, 0.29) is 31.2 Å². The van der Waals surface area contributed by atoms with E-state index in [9.17, 15) is 14.9 Å². The van der Waals surface area contributed by atoms with E-state index in [1.807, 2.05) is 24.6 Å². The van der Waals surface area contributed by atoms with Crippen LogP contribution in [0.4, 0.5) is 0 Å². The van der Waals surface area contributed by atoms with Crippen molar-refractivity contribution in [2.45, 2.75) is 25.3 Å². The average molecular weight is 429 g/mol. The highest BCUT2D eigenvalue weighted by Crippen LogP contribution is 2.34. The Kier molecular flexibility index (Phi) is 5.65. The van der Waals surface area contributed by atoms with E-state index < -0.39 is 5.54 Å². The number of fused-ring (bicyclic) bond motifs is 4. The zero-order valence-electron chi connectivity index (χ0n) is 17.9.